The fourth-order valence-electron chi connectivity index (χ4n) is 5.49. The first-order valence-corrected chi connectivity index (χ1v) is 12.1. The largest absolute Gasteiger partial charge is 0.416 e. The van der Waals surface area contributed by atoms with Gasteiger partial charge in [0.05, 0.1) is 23.3 Å². The molecule has 0 unspecified atom stereocenters. The van der Waals surface area contributed by atoms with Crippen LogP contribution >= 0.6 is 0 Å². The van der Waals surface area contributed by atoms with E-state index >= 15 is 0 Å². The minimum absolute atomic E-state index is 0.0894. The van der Waals surface area contributed by atoms with Gasteiger partial charge in [-0.1, -0.05) is 0 Å². The van der Waals surface area contributed by atoms with E-state index < -0.39 is 35.6 Å². The molecule has 0 bridgehead atoms. The zero-order chi connectivity index (χ0) is 26.4. The van der Waals surface area contributed by atoms with E-state index in [4.69, 9.17) is 0 Å². The number of carbonyl (C=O) groups excluding carboxylic acids is 2. The van der Waals surface area contributed by atoms with Crippen LogP contribution < -0.4 is 0 Å². The van der Waals surface area contributed by atoms with Crippen LogP contribution in [-0.4, -0.2) is 77.0 Å². The van der Waals surface area contributed by atoms with Gasteiger partial charge in [-0.2, -0.15) is 26.3 Å². The van der Waals surface area contributed by atoms with Crippen molar-refractivity contribution < 1.29 is 35.9 Å². The Morgan fingerprint density at radius 2 is 1.61 bits per heavy atom. The van der Waals surface area contributed by atoms with Crippen molar-refractivity contribution in [1.29, 1.82) is 0 Å². The van der Waals surface area contributed by atoms with Crippen molar-refractivity contribution in [1.82, 2.24) is 19.6 Å². The number of rotatable bonds is 3. The van der Waals surface area contributed by atoms with E-state index in [9.17, 15) is 35.9 Å². The van der Waals surface area contributed by atoms with E-state index in [-0.39, 0.29) is 29.7 Å². The molecule has 4 rings (SSSR count). The molecule has 3 amide bonds. The number of carbonyl (C=O) groups is 2. The highest BCUT2D eigenvalue weighted by atomic mass is 19.4. The van der Waals surface area contributed by atoms with Crippen molar-refractivity contribution in [3.05, 3.63) is 34.9 Å². The molecule has 0 saturated carbocycles. The molecule has 0 N–H and O–H groups in total. The number of halogens is 6. The molecule has 3 heterocycles. The van der Waals surface area contributed by atoms with Crippen LogP contribution in [0, 0.1) is 0 Å². The second-order valence-electron chi connectivity index (χ2n) is 9.85. The van der Waals surface area contributed by atoms with Crippen molar-refractivity contribution in [2.24, 2.45) is 0 Å². The van der Waals surface area contributed by atoms with E-state index in [2.05, 4.69) is 4.90 Å². The number of piperazine rings is 1. The molecule has 3 atom stereocenters. The normalized spacial score (nSPS) is 24.6. The number of hydrogen-bond donors (Lipinski definition) is 0. The Morgan fingerprint density at radius 3 is 2.22 bits per heavy atom. The molecular formula is C24H30F6N4O2. The molecule has 3 aliphatic heterocycles. The highest BCUT2D eigenvalue weighted by Gasteiger charge is 2.42. The molecule has 0 spiro atoms. The van der Waals surface area contributed by atoms with Gasteiger partial charge < -0.3 is 14.7 Å². The van der Waals surface area contributed by atoms with Gasteiger partial charge in [-0.3, -0.25) is 9.69 Å². The van der Waals surface area contributed by atoms with Gasteiger partial charge in [0.15, 0.2) is 0 Å². The van der Waals surface area contributed by atoms with Gasteiger partial charge in [-0.15, -0.1) is 0 Å². The summed E-state index contributed by atoms with van der Waals surface area (Å²) < 4.78 is 80.0. The first-order chi connectivity index (χ1) is 16.8. The number of likely N-dealkylation sites (tertiary alicyclic amines) is 1. The molecule has 6 nitrogen and oxygen atoms in total. The standard InChI is InChI=1S/C24H30F6N4O2/c1-15(16-11-17(23(25,26)27)13-18(12-16)24(28,29)30)31(2)22(36)34-8-4-3-5-20(34)32-9-10-33-19(14-32)6-7-21(33)35/h11-13,15,19-20H,3-10,14H2,1-2H3/t15-,19+,20+/m1/s1. The molecule has 0 radical (unpaired) electrons. The fraction of sp³-hybridized carbons (Fsp3) is 0.667. The van der Waals surface area contributed by atoms with Crippen LogP contribution in [0.15, 0.2) is 18.2 Å². The van der Waals surface area contributed by atoms with Crippen LogP contribution in [0.1, 0.15) is 61.8 Å². The topological polar surface area (TPSA) is 47.1 Å². The van der Waals surface area contributed by atoms with E-state index in [0.717, 1.165) is 25.7 Å². The average Bonchev–Trinajstić information content (AvgIpc) is 3.21. The minimum atomic E-state index is -4.96. The van der Waals surface area contributed by atoms with Gasteiger partial charge in [-0.05, 0) is 56.4 Å². The molecule has 1 aromatic rings. The molecule has 200 valence electrons. The quantitative estimate of drug-likeness (QED) is 0.530. The maximum absolute atomic E-state index is 13.5. The lowest BCUT2D eigenvalue weighted by Gasteiger charge is -2.48. The Bertz CT molecular complexity index is 966. The number of piperidine rings is 1. The minimum Gasteiger partial charge on any atom is -0.337 e. The third-order valence-corrected chi connectivity index (χ3v) is 7.64. The summed E-state index contributed by atoms with van der Waals surface area (Å²) in [4.78, 5) is 32.5. The first kappa shape index (κ1) is 26.6. The Balaban J connectivity index is 1.54. The maximum atomic E-state index is 13.5. The summed E-state index contributed by atoms with van der Waals surface area (Å²) in [5.74, 6) is 0.143. The smallest absolute Gasteiger partial charge is 0.337 e. The van der Waals surface area contributed by atoms with Crippen LogP contribution in [-0.2, 0) is 17.1 Å². The Kier molecular flexibility index (Phi) is 7.20. The van der Waals surface area contributed by atoms with Crippen LogP contribution in [0.5, 0.6) is 0 Å². The van der Waals surface area contributed by atoms with E-state index in [1.807, 2.05) is 4.90 Å². The summed E-state index contributed by atoms with van der Waals surface area (Å²) in [6.07, 6.45) is -6.48. The molecule has 12 heteroatoms. The Labute approximate surface area is 205 Å². The third kappa shape index (κ3) is 5.28. The predicted octanol–water partition coefficient (Wildman–Crippen LogP) is 4.96. The summed E-state index contributed by atoms with van der Waals surface area (Å²) in [6.45, 7) is 3.70. The lowest BCUT2D eigenvalue weighted by Crippen LogP contribution is -2.62. The van der Waals surface area contributed by atoms with Gasteiger partial charge in [0.1, 0.15) is 0 Å². The number of urea groups is 1. The lowest BCUT2D eigenvalue weighted by molar-refractivity contribution is -0.143. The summed E-state index contributed by atoms with van der Waals surface area (Å²) >= 11 is 0. The highest BCUT2D eigenvalue weighted by Crippen LogP contribution is 2.38. The van der Waals surface area contributed by atoms with Gasteiger partial charge in [0.2, 0.25) is 5.91 Å². The zero-order valence-corrected chi connectivity index (χ0v) is 20.2. The van der Waals surface area contributed by atoms with Crippen molar-refractivity contribution in [3.63, 3.8) is 0 Å². The number of nitrogens with zero attached hydrogens (tertiary/aromatic N) is 4. The number of alkyl halides is 6. The second kappa shape index (κ2) is 9.75. The van der Waals surface area contributed by atoms with Gasteiger partial charge in [-0.25, -0.2) is 4.79 Å². The van der Waals surface area contributed by atoms with Crippen molar-refractivity contribution in [2.75, 3.05) is 33.2 Å². The van der Waals surface area contributed by atoms with Crippen molar-refractivity contribution in [2.45, 2.75) is 69.6 Å². The first-order valence-electron chi connectivity index (χ1n) is 12.1. The van der Waals surface area contributed by atoms with Crippen LogP contribution in [0.2, 0.25) is 0 Å². The number of benzene rings is 1. The Hall–Kier alpha value is -2.50. The number of amides is 3. The molecule has 3 aliphatic rings. The molecule has 1 aromatic carbocycles. The maximum Gasteiger partial charge on any atom is 0.416 e. The van der Waals surface area contributed by atoms with Crippen LogP contribution in [0.4, 0.5) is 31.1 Å². The molecule has 3 fully saturated rings. The van der Waals surface area contributed by atoms with Crippen LogP contribution in [0.25, 0.3) is 0 Å². The van der Waals surface area contributed by atoms with E-state index in [1.54, 1.807) is 4.90 Å². The van der Waals surface area contributed by atoms with Gasteiger partial charge in [0, 0.05) is 45.7 Å². The number of fused-ring (bicyclic) bond motifs is 1. The Morgan fingerprint density at radius 1 is 0.972 bits per heavy atom. The molecular weight excluding hydrogens is 490 g/mol. The zero-order valence-electron chi connectivity index (χ0n) is 20.2. The summed E-state index contributed by atoms with van der Waals surface area (Å²) in [5.41, 5.74) is -3.04. The highest BCUT2D eigenvalue weighted by molar-refractivity contribution is 5.79. The summed E-state index contributed by atoms with van der Waals surface area (Å²) in [7, 11) is 1.40. The molecule has 36 heavy (non-hydrogen) atoms. The number of hydrogen-bond acceptors (Lipinski definition) is 3. The molecule has 0 aromatic heterocycles. The average molecular weight is 521 g/mol. The lowest BCUT2D eigenvalue weighted by atomic mass is 9.99. The third-order valence-electron chi connectivity index (χ3n) is 7.64. The molecule has 3 saturated heterocycles. The van der Waals surface area contributed by atoms with Gasteiger partial charge in [0.25, 0.3) is 0 Å². The summed E-state index contributed by atoms with van der Waals surface area (Å²) in [5, 5.41) is 0. The van der Waals surface area contributed by atoms with E-state index in [1.165, 1.54) is 18.9 Å². The summed E-state index contributed by atoms with van der Waals surface area (Å²) in [6, 6.07) is 0.0802. The van der Waals surface area contributed by atoms with E-state index in [0.29, 0.717) is 44.7 Å². The second-order valence-corrected chi connectivity index (χ2v) is 9.85. The van der Waals surface area contributed by atoms with Crippen molar-refractivity contribution >= 4 is 11.9 Å². The van der Waals surface area contributed by atoms with Crippen molar-refractivity contribution in [3.8, 4) is 0 Å². The monoisotopic (exact) mass is 520 g/mol. The fourth-order valence-corrected chi connectivity index (χ4v) is 5.49. The van der Waals surface area contributed by atoms with Crippen LogP contribution in [0.3, 0.4) is 0 Å². The molecule has 0 aliphatic carbocycles. The van der Waals surface area contributed by atoms with Gasteiger partial charge >= 0.3 is 18.4 Å². The SMILES string of the molecule is C[C@H](c1cc(C(F)(F)F)cc(C(F)(F)F)c1)N(C)C(=O)N1CCCC[C@H]1N1CCN2C(=O)CC[C@H]2C1. The predicted molar refractivity (Wildman–Crippen MR) is 119 cm³/mol.